The molecule has 2 heterocycles. The van der Waals surface area contributed by atoms with E-state index in [-0.39, 0.29) is 5.91 Å². The number of nitrogens with zero attached hydrogens (tertiary/aromatic N) is 4. The molecule has 2 aromatic rings. The molecule has 0 saturated carbocycles. The van der Waals surface area contributed by atoms with Crippen LogP contribution < -0.4 is 15.5 Å². The summed E-state index contributed by atoms with van der Waals surface area (Å²) in [4.78, 5) is 25.3. The molecule has 0 radical (unpaired) electrons. The number of piperazine rings is 1. The molecule has 1 saturated heterocycles. The highest BCUT2D eigenvalue weighted by molar-refractivity contribution is 5.81. The number of pyridine rings is 1. The molecule has 1 aliphatic heterocycles. The summed E-state index contributed by atoms with van der Waals surface area (Å²) in [6.07, 6.45) is 4.34. The van der Waals surface area contributed by atoms with Crippen molar-refractivity contribution in [3.63, 3.8) is 0 Å². The minimum atomic E-state index is 0.183. The number of aryl methyl sites for hydroxylation is 1. The lowest BCUT2D eigenvalue weighted by molar-refractivity contribution is -0.131. The predicted molar refractivity (Wildman–Crippen MR) is 122 cm³/mol. The van der Waals surface area contributed by atoms with Gasteiger partial charge in [-0.15, -0.1) is 0 Å². The van der Waals surface area contributed by atoms with Crippen LogP contribution in [0.1, 0.15) is 18.4 Å². The summed E-state index contributed by atoms with van der Waals surface area (Å²) in [6, 6.07) is 16.4. The summed E-state index contributed by atoms with van der Waals surface area (Å²) >= 11 is 0. The number of nitrogens with one attached hydrogen (secondary N) is 2. The van der Waals surface area contributed by atoms with E-state index in [0.717, 1.165) is 57.3 Å². The summed E-state index contributed by atoms with van der Waals surface area (Å²) < 4.78 is 0. The van der Waals surface area contributed by atoms with Gasteiger partial charge in [-0.1, -0.05) is 36.4 Å². The molecule has 0 bridgehead atoms. The largest absolute Gasteiger partial charge is 0.356 e. The Balaban J connectivity index is 1.29. The Labute approximate surface area is 179 Å². The number of carbonyl (C=O) groups is 1. The summed E-state index contributed by atoms with van der Waals surface area (Å²) in [5.41, 5.74) is 1.34. The molecule has 160 valence electrons. The Morgan fingerprint density at radius 3 is 2.43 bits per heavy atom. The molecule has 0 spiro atoms. The quantitative estimate of drug-likeness (QED) is 0.397. The van der Waals surface area contributed by atoms with Crippen LogP contribution in [0, 0.1) is 0 Å². The summed E-state index contributed by atoms with van der Waals surface area (Å²) in [6.45, 7) is 4.54. The first-order valence-electron chi connectivity index (χ1n) is 10.7. The average molecular weight is 409 g/mol. The van der Waals surface area contributed by atoms with Gasteiger partial charge in [0.25, 0.3) is 0 Å². The van der Waals surface area contributed by atoms with Crippen molar-refractivity contribution in [1.82, 2.24) is 20.5 Å². The summed E-state index contributed by atoms with van der Waals surface area (Å²) in [5.74, 6) is 1.91. The van der Waals surface area contributed by atoms with Crippen molar-refractivity contribution in [2.45, 2.75) is 19.3 Å². The average Bonchev–Trinajstić information content (AvgIpc) is 2.82. The standard InChI is InChI=1S/C23H32N6O/c1-24-23(26-14-7-10-20-8-3-2-4-9-20)27-15-12-22(30)29-18-16-28(17-19-29)21-11-5-6-13-25-21/h2-6,8-9,11,13H,7,10,12,14-19H2,1H3,(H2,24,26,27). The van der Waals surface area contributed by atoms with Crippen molar-refractivity contribution in [3.05, 3.63) is 60.3 Å². The number of benzene rings is 1. The van der Waals surface area contributed by atoms with Crippen molar-refractivity contribution < 1.29 is 4.79 Å². The lowest BCUT2D eigenvalue weighted by atomic mass is 10.1. The van der Waals surface area contributed by atoms with Gasteiger partial charge in [-0.3, -0.25) is 9.79 Å². The molecule has 7 heteroatoms. The summed E-state index contributed by atoms with van der Waals surface area (Å²) in [7, 11) is 1.76. The Hall–Kier alpha value is -3.09. The molecule has 0 aliphatic carbocycles. The van der Waals surface area contributed by atoms with Crippen molar-refractivity contribution in [3.8, 4) is 0 Å². The molecule has 3 rings (SSSR count). The topological polar surface area (TPSA) is 72.9 Å². The second kappa shape index (κ2) is 11.8. The fraction of sp³-hybridized carbons (Fsp3) is 0.435. The maximum atomic E-state index is 12.5. The van der Waals surface area contributed by atoms with Gasteiger partial charge in [-0.2, -0.15) is 0 Å². The van der Waals surface area contributed by atoms with E-state index in [1.165, 1.54) is 5.56 Å². The smallest absolute Gasteiger partial charge is 0.224 e. The van der Waals surface area contributed by atoms with Gasteiger partial charge in [0.05, 0.1) is 0 Å². The third-order valence-electron chi connectivity index (χ3n) is 5.24. The molecule has 30 heavy (non-hydrogen) atoms. The minimum absolute atomic E-state index is 0.183. The molecular formula is C23H32N6O. The van der Waals surface area contributed by atoms with Gasteiger partial charge < -0.3 is 20.4 Å². The maximum absolute atomic E-state index is 12.5. The van der Waals surface area contributed by atoms with Crippen LogP contribution in [-0.2, 0) is 11.2 Å². The maximum Gasteiger partial charge on any atom is 0.224 e. The fourth-order valence-corrected chi connectivity index (χ4v) is 3.54. The molecule has 2 N–H and O–H groups in total. The normalized spacial score (nSPS) is 14.5. The van der Waals surface area contributed by atoms with Crippen LogP contribution in [0.4, 0.5) is 5.82 Å². The molecule has 1 aliphatic rings. The number of aromatic nitrogens is 1. The number of hydrogen-bond donors (Lipinski definition) is 2. The van der Waals surface area contributed by atoms with Crippen LogP contribution >= 0.6 is 0 Å². The zero-order valence-electron chi connectivity index (χ0n) is 17.8. The van der Waals surface area contributed by atoms with Gasteiger partial charge in [0, 0.05) is 58.9 Å². The molecule has 0 unspecified atom stereocenters. The third kappa shape index (κ3) is 6.76. The lowest BCUT2D eigenvalue weighted by Crippen LogP contribution is -2.49. The van der Waals surface area contributed by atoms with E-state index < -0.39 is 0 Å². The van der Waals surface area contributed by atoms with Gasteiger partial charge in [0.1, 0.15) is 5.82 Å². The van der Waals surface area contributed by atoms with E-state index in [4.69, 9.17) is 0 Å². The van der Waals surface area contributed by atoms with E-state index in [2.05, 4.69) is 49.8 Å². The highest BCUT2D eigenvalue weighted by atomic mass is 16.2. The third-order valence-corrected chi connectivity index (χ3v) is 5.24. The number of guanidine groups is 1. The first-order valence-corrected chi connectivity index (χ1v) is 10.7. The zero-order chi connectivity index (χ0) is 21.0. The first kappa shape index (κ1) is 21.6. The summed E-state index contributed by atoms with van der Waals surface area (Å²) in [5, 5.41) is 6.56. The van der Waals surface area contributed by atoms with Gasteiger partial charge in [-0.25, -0.2) is 4.98 Å². The molecular weight excluding hydrogens is 376 g/mol. The minimum Gasteiger partial charge on any atom is -0.356 e. The molecule has 1 aromatic heterocycles. The zero-order valence-corrected chi connectivity index (χ0v) is 17.8. The fourth-order valence-electron chi connectivity index (χ4n) is 3.54. The van der Waals surface area contributed by atoms with Crippen LogP contribution in [0.15, 0.2) is 59.7 Å². The van der Waals surface area contributed by atoms with E-state index in [9.17, 15) is 4.79 Å². The van der Waals surface area contributed by atoms with Gasteiger partial charge in [-0.05, 0) is 30.5 Å². The molecule has 1 fully saturated rings. The van der Waals surface area contributed by atoms with Crippen molar-refractivity contribution in [2.75, 3.05) is 51.2 Å². The highest BCUT2D eigenvalue weighted by Gasteiger charge is 2.21. The Morgan fingerprint density at radius 1 is 1.00 bits per heavy atom. The molecule has 7 nitrogen and oxygen atoms in total. The van der Waals surface area contributed by atoms with Crippen molar-refractivity contribution >= 4 is 17.7 Å². The van der Waals surface area contributed by atoms with E-state index in [1.54, 1.807) is 13.2 Å². The van der Waals surface area contributed by atoms with Crippen LogP contribution in [0.2, 0.25) is 0 Å². The predicted octanol–water partition coefficient (Wildman–Crippen LogP) is 1.92. The van der Waals surface area contributed by atoms with Crippen LogP contribution in [0.25, 0.3) is 0 Å². The second-order valence-corrected chi connectivity index (χ2v) is 7.32. The van der Waals surface area contributed by atoms with Crippen molar-refractivity contribution in [2.24, 2.45) is 4.99 Å². The monoisotopic (exact) mass is 408 g/mol. The number of carbonyl (C=O) groups excluding carboxylic acids is 1. The number of rotatable bonds is 8. The lowest BCUT2D eigenvalue weighted by Gasteiger charge is -2.35. The number of amides is 1. The Kier molecular flexibility index (Phi) is 8.50. The van der Waals surface area contributed by atoms with Gasteiger partial charge in [0.15, 0.2) is 5.96 Å². The van der Waals surface area contributed by atoms with Gasteiger partial charge in [0.2, 0.25) is 5.91 Å². The van der Waals surface area contributed by atoms with Crippen LogP contribution in [0.5, 0.6) is 0 Å². The molecule has 0 atom stereocenters. The second-order valence-electron chi connectivity index (χ2n) is 7.32. The van der Waals surface area contributed by atoms with Crippen LogP contribution in [-0.4, -0.2) is 68.1 Å². The number of aliphatic imine (C=N–C) groups is 1. The Morgan fingerprint density at radius 2 is 1.73 bits per heavy atom. The van der Waals surface area contributed by atoms with Gasteiger partial charge >= 0.3 is 0 Å². The highest BCUT2D eigenvalue weighted by Crippen LogP contribution is 2.12. The van der Waals surface area contributed by atoms with E-state index >= 15 is 0 Å². The van der Waals surface area contributed by atoms with Crippen LogP contribution in [0.3, 0.4) is 0 Å². The number of anilines is 1. The first-order chi connectivity index (χ1) is 14.8. The van der Waals surface area contributed by atoms with E-state index in [0.29, 0.717) is 13.0 Å². The molecule has 1 aromatic carbocycles. The SMILES string of the molecule is CN=C(NCCCc1ccccc1)NCCC(=O)N1CCN(c2ccccn2)CC1. The van der Waals surface area contributed by atoms with Crippen molar-refractivity contribution in [1.29, 1.82) is 0 Å². The molecule has 1 amide bonds. The number of hydrogen-bond acceptors (Lipinski definition) is 4. The Bertz CT molecular complexity index is 788. The van der Waals surface area contributed by atoms with E-state index in [1.807, 2.05) is 29.2 Å².